The van der Waals surface area contributed by atoms with Gasteiger partial charge in [0.2, 0.25) is 0 Å². The molecule has 1 rings (SSSR count). The first kappa shape index (κ1) is 13.6. The second kappa shape index (κ2) is 7.01. The Morgan fingerprint density at radius 2 is 2.12 bits per heavy atom. The van der Waals surface area contributed by atoms with Crippen LogP contribution in [0.1, 0.15) is 18.9 Å². The third-order valence-electron chi connectivity index (χ3n) is 2.94. The van der Waals surface area contributed by atoms with E-state index in [9.17, 15) is 4.79 Å². The molecule has 0 bridgehead atoms. The molecule has 0 aliphatic rings. The molecule has 0 amide bonds. The molecule has 1 unspecified atom stereocenters. The molecular weight excluding hydrogens is 216 g/mol. The molecule has 4 heteroatoms. The number of ether oxygens (including phenoxy) is 1. The molecule has 1 heterocycles. The minimum absolute atomic E-state index is 0.159. The minimum Gasteiger partial charge on any atom is -0.469 e. The number of hydrogen-bond acceptors (Lipinski definition) is 4. The van der Waals surface area contributed by atoms with Crippen molar-refractivity contribution < 1.29 is 9.53 Å². The van der Waals surface area contributed by atoms with Crippen LogP contribution in [0.25, 0.3) is 0 Å². The number of aromatic nitrogens is 1. The van der Waals surface area contributed by atoms with E-state index in [1.54, 1.807) is 12.4 Å². The average molecular weight is 236 g/mol. The molecule has 0 spiro atoms. The lowest BCUT2D eigenvalue weighted by molar-refractivity contribution is -0.141. The molecule has 1 aromatic heterocycles. The van der Waals surface area contributed by atoms with Gasteiger partial charge in [-0.1, -0.05) is 0 Å². The third kappa shape index (κ3) is 4.95. The Labute approximate surface area is 103 Å². The maximum atomic E-state index is 11.1. The Bertz CT molecular complexity index is 341. The van der Waals surface area contributed by atoms with Gasteiger partial charge in [-0.25, -0.2) is 0 Å². The van der Waals surface area contributed by atoms with Crippen molar-refractivity contribution >= 4 is 5.97 Å². The highest BCUT2D eigenvalue weighted by atomic mass is 16.5. The van der Waals surface area contributed by atoms with Crippen LogP contribution in [0.15, 0.2) is 24.5 Å². The second-order valence-corrected chi connectivity index (χ2v) is 4.22. The lowest BCUT2D eigenvalue weighted by atomic mass is 10.1. The first-order valence-corrected chi connectivity index (χ1v) is 5.79. The molecule has 4 nitrogen and oxygen atoms in total. The molecule has 1 aromatic rings. The van der Waals surface area contributed by atoms with Crippen LogP contribution in [0.2, 0.25) is 0 Å². The largest absolute Gasteiger partial charge is 0.469 e. The smallest absolute Gasteiger partial charge is 0.307 e. The molecule has 0 aliphatic heterocycles. The summed E-state index contributed by atoms with van der Waals surface area (Å²) in [5, 5.41) is 0. The highest BCUT2D eigenvalue weighted by molar-refractivity contribution is 5.69. The molecule has 17 heavy (non-hydrogen) atoms. The van der Waals surface area contributed by atoms with Crippen molar-refractivity contribution in [2.75, 3.05) is 20.7 Å². The lowest BCUT2D eigenvalue weighted by Gasteiger charge is -2.23. The Morgan fingerprint density at radius 3 is 2.71 bits per heavy atom. The minimum atomic E-state index is -0.159. The fourth-order valence-electron chi connectivity index (χ4n) is 1.56. The van der Waals surface area contributed by atoms with Crippen molar-refractivity contribution in [3.8, 4) is 0 Å². The summed E-state index contributed by atoms with van der Waals surface area (Å²) < 4.78 is 4.66. The van der Waals surface area contributed by atoms with E-state index in [1.165, 1.54) is 12.7 Å². The van der Waals surface area contributed by atoms with E-state index in [-0.39, 0.29) is 12.0 Å². The van der Waals surface area contributed by atoms with Crippen LogP contribution in [0, 0.1) is 0 Å². The van der Waals surface area contributed by atoms with Gasteiger partial charge in [-0.3, -0.25) is 9.78 Å². The molecular formula is C13H20N2O2. The maximum Gasteiger partial charge on any atom is 0.307 e. The molecule has 0 radical (unpaired) electrons. The Morgan fingerprint density at radius 1 is 1.47 bits per heavy atom. The number of likely N-dealkylation sites (N-methyl/N-ethyl adjacent to an activating group) is 1. The number of esters is 1. The number of carbonyl (C=O) groups excluding carboxylic acids is 1. The van der Waals surface area contributed by atoms with Crippen LogP contribution in [0.3, 0.4) is 0 Å². The van der Waals surface area contributed by atoms with Crippen molar-refractivity contribution in [3.63, 3.8) is 0 Å². The summed E-state index contributed by atoms with van der Waals surface area (Å²) in [6, 6.07) is 4.22. The van der Waals surface area contributed by atoms with Gasteiger partial charge in [0.05, 0.1) is 13.5 Å². The van der Waals surface area contributed by atoms with Crippen LogP contribution in [0.5, 0.6) is 0 Å². The van der Waals surface area contributed by atoms with E-state index in [0.29, 0.717) is 6.42 Å². The van der Waals surface area contributed by atoms with E-state index in [2.05, 4.69) is 14.6 Å². The number of pyridine rings is 1. The van der Waals surface area contributed by atoms with E-state index in [0.717, 1.165) is 13.0 Å². The van der Waals surface area contributed by atoms with Crippen molar-refractivity contribution in [2.45, 2.75) is 25.8 Å². The molecule has 94 valence electrons. The standard InChI is InChI=1S/C13H20N2O2/c1-11(10-13(16)17-3)15(2)9-6-12-4-7-14-8-5-12/h4-5,7-8,11H,6,9-10H2,1-3H3. The number of rotatable bonds is 6. The van der Waals surface area contributed by atoms with E-state index < -0.39 is 0 Å². The third-order valence-corrected chi connectivity index (χ3v) is 2.94. The molecule has 0 fully saturated rings. The van der Waals surface area contributed by atoms with Gasteiger partial charge in [0, 0.05) is 25.0 Å². The number of hydrogen-bond donors (Lipinski definition) is 0. The molecule has 0 N–H and O–H groups in total. The van der Waals surface area contributed by atoms with Gasteiger partial charge in [0.25, 0.3) is 0 Å². The van der Waals surface area contributed by atoms with Gasteiger partial charge in [-0.2, -0.15) is 0 Å². The van der Waals surface area contributed by atoms with Crippen LogP contribution >= 0.6 is 0 Å². The zero-order valence-electron chi connectivity index (χ0n) is 10.7. The van der Waals surface area contributed by atoms with E-state index in [1.807, 2.05) is 26.1 Å². The predicted molar refractivity (Wildman–Crippen MR) is 66.7 cm³/mol. The lowest BCUT2D eigenvalue weighted by Crippen LogP contribution is -2.33. The molecule has 1 atom stereocenters. The Hall–Kier alpha value is -1.42. The van der Waals surface area contributed by atoms with Gasteiger partial charge in [0.1, 0.15) is 0 Å². The second-order valence-electron chi connectivity index (χ2n) is 4.22. The topological polar surface area (TPSA) is 42.4 Å². The van der Waals surface area contributed by atoms with Crippen LogP contribution in [-0.4, -0.2) is 42.6 Å². The summed E-state index contributed by atoms with van der Waals surface area (Å²) in [7, 11) is 3.45. The SMILES string of the molecule is COC(=O)CC(C)N(C)CCc1ccncc1. The fourth-order valence-corrected chi connectivity index (χ4v) is 1.56. The average Bonchev–Trinajstić information content (AvgIpc) is 2.36. The van der Waals surface area contributed by atoms with E-state index >= 15 is 0 Å². The maximum absolute atomic E-state index is 11.1. The van der Waals surface area contributed by atoms with Crippen LogP contribution < -0.4 is 0 Å². The zero-order valence-corrected chi connectivity index (χ0v) is 10.7. The van der Waals surface area contributed by atoms with Crippen molar-refractivity contribution in [1.82, 2.24) is 9.88 Å². The molecule has 0 saturated heterocycles. The zero-order chi connectivity index (χ0) is 12.7. The normalized spacial score (nSPS) is 12.5. The van der Waals surface area contributed by atoms with Gasteiger partial charge in [-0.15, -0.1) is 0 Å². The summed E-state index contributed by atoms with van der Waals surface area (Å²) in [5.41, 5.74) is 1.26. The van der Waals surface area contributed by atoms with Crippen LogP contribution in [-0.2, 0) is 16.0 Å². The van der Waals surface area contributed by atoms with Gasteiger partial charge in [-0.05, 0) is 38.1 Å². The monoisotopic (exact) mass is 236 g/mol. The fraction of sp³-hybridized carbons (Fsp3) is 0.538. The van der Waals surface area contributed by atoms with E-state index in [4.69, 9.17) is 0 Å². The van der Waals surface area contributed by atoms with Crippen molar-refractivity contribution in [2.24, 2.45) is 0 Å². The highest BCUT2D eigenvalue weighted by Crippen LogP contribution is 2.05. The quantitative estimate of drug-likeness (QED) is 0.702. The first-order chi connectivity index (χ1) is 8.13. The summed E-state index contributed by atoms with van der Waals surface area (Å²) in [6.45, 7) is 2.95. The number of nitrogens with zero attached hydrogens (tertiary/aromatic N) is 2. The Balaban J connectivity index is 2.34. The highest BCUT2D eigenvalue weighted by Gasteiger charge is 2.13. The van der Waals surface area contributed by atoms with Crippen molar-refractivity contribution in [3.05, 3.63) is 30.1 Å². The summed E-state index contributed by atoms with van der Waals surface area (Å²) >= 11 is 0. The first-order valence-electron chi connectivity index (χ1n) is 5.79. The van der Waals surface area contributed by atoms with Crippen molar-refractivity contribution in [1.29, 1.82) is 0 Å². The molecule has 0 aliphatic carbocycles. The predicted octanol–water partition coefficient (Wildman–Crippen LogP) is 1.51. The van der Waals surface area contributed by atoms with Gasteiger partial charge < -0.3 is 9.64 Å². The molecule has 0 aromatic carbocycles. The molecule has 0 saturated carbocycles. The summed E-state index contributed by atoms with van der Waals surface area (Å²) in [4.78, 5) is 17.3. The van der Waals surface area contributed by atoms with Gasteiger partial charge in [0.15, 0.2) is 0 Å². The number of carbonyl (C=O) groups is 1. The summed E-state index contributed by atoms with van der Waals surface area (Å²) in [6.07, 6.45) is 4.99. The summed E-state index contributed by atoms with van der Waals surface area (Å²) in [5.74, 6) is -0.159. The Kier molecular flexibility index (Phi) is 5.63. The van der Waals surface area contributed by atoms with Gasteiger partial charge >= 0.3 is 5.97 Å². The van der Waals surface area contributed by atoms with Crippen LogP contribution in [0.4, 0.5) is 0 Å². The number of methoxy groups -OCH3 is 1.